The average molecular weight is 217 g/mol. The third-order valence-electron chi connectivity index (χ3n) is 2.18. The summed E-state index contributed by atoms with van der Waals surface area (Å²) in [6.07, 6.45) is 0.414. The summed E-state index contributed by atoms with van der Waals surface area (Å²) in [5, 5.41) is 0. The standard InChI is InChI=1S/C11H14F3N/c1-6(2)5-9(15)10-7(12)3-4-8(13)11(10)14/h3-4,6,9H,5,15H2,1-2H3/t9-/m1/s1. The molecule has 0 saturated carbocycles. The summed E-state index contributed by atoms with van der Waals surface area (Å²) in [7, 11) is 0. The number of hydrogen-bond donors (Lipinski definition) is 1. The van der Waals surface area contributed by atoms with Gasteiger partial charge in [0.05, 0.1) is 0 Å². The molecule has 0 aliphatic carbocycles. The summed E-state index contributed by atoms with van der Waals surface area (Å²) in [5.74, 6) is -2.84. The smallest absolute Gasteiger partial charge is 0.166 e. The average Bonchev–Trinajstić information content (AvgIpc) is 2.11. The predicted molar refractivity (Wildman–Crippen MR) is 52.7 cm³/mol. The number of hydrogen-bond acceptors (Lipinski definition) is 1. The van der Waals surface area contributed by atoms with Crippen molar-refractivity contribution in [1.82, 2.24) is 0 Å². The van der Waals surface area contributed by atoms with E-state index in [0.717, 1.165) is 12.1 Å². The van der Waals surface area contributed by atoms with Gasteiger partial charge in [0.1, 0.15) is 5.82 Å². The second-order valence-corrected chi connectivity index (χ2v) is 3.99. The van der Waals surface area contributed by atoms with Gasteiger partial charge in [-0.1, -0.05) is 13.8 Å². The molecule has 0 fully saturated rings. The quantitative estimate of drug-likeness (QED) is 0.773. The first-order chi connectivity index (χ1) is 6.93. The van der Waals surface area contributed by atoms with Gasteiger partial charge < -0.3 is 5.73 Å². The molecule has 1 aromatic carbocycles. The normalized spacial score (nSPS) is 13.3. The highest BCUT2D eigenvalue weighted by atomic mass is 19.2. The fourth-order valence-electron chi connectivity index (χ4n) is 1.51. The second kappa shape index (κ2) is 4.66. The zero-order valence-corrected chi connectivity index (χ0v) is 8.73. The largest absolute Gasteiger partial charge is 0.324 e. The molecule has 4 heteroatoms. The van der Waals surface area contributed by atoms with Crippen molar-refractivity contribution in [2.45, 2.75) is 26.3 Å². The highest BCUT2D eigenvalue weighted by Gasteiger charge is 2.20. The molecule has 1 atom stereocenters. The fourth-order valence-corrected chi connectivity index (χ4v) is 1.51. The Bertz CT molecular complexity index is 350. The van der Waals surface area contributed by atoms with E-state index in [1.54, 1.807) is 0 Å². The van der Waals surface area contributed by atoms with Crippen LogP contribution in [0, 0.1) is 23.4 Å². The van der Waals surface area contributed by atoms with Crippen LogP contribution < -0.4 is 5.73 Å². The Balaban J connectivity index is 3.07. The van der Waals surface area contributed by atoms with Crippen molar-refractivity contribution in [2.75, 3.05) is 0 Å². The molecule has 0 aliphatic rings. The van der Waals surface area contributed by atoms with Crippen LogP contribution in [0.25, 0.3) is 0 Å². The van der Waals surface area contributed by atoms with E-state index in [0.29, 0.717) is 6.42 Å². The molecule has 1 aromatic rings. The van der Waals surface area contributed by atoms with Gasteiger partial charge in [-0.15, -0.1) is 0 Å². The molecule has 0 amide bonds. The van der Waals surface area contributed by atoms with Crippen molar-refractivity contribution in [1.29, 1.82) is 0 Å². The van der Waals surface area contributed by atoms with Crippen molar-refractivity contribution >= 4 is 0 Å². The van der Waals surface area contributed by atoms with E-state index in [-0.39, 0.29) is 11.5 Å². The van der Waals surface area contributed by atoms with E-state index in [1.165, 1.54) is 0 Å². The lowest BCUT2D eigenvalue weighted by Crippen LogP contribution is -2.17. The molecular formula is C11H14F3N. The van der Waals surface area contributed by atoms with E-state index < -0.39 is 23.5 Å². The van der Waals surface area contributed by atoms with Gasteiger partial charge in [0.25, 0.3) is 0 Å². The lowest BCUT2D eigenvalue weighted by atomic mass is 9.97. The minimum Gasteiger partial charge on any atom is -0.324 e. The maximum Gasteiger partial charge on any atom is 0.166 e. The number of halogens is 3. The van der Waals surface area contributed by atoms with Gasteiger partial charge in [-0.2, -0.15) is 0 Å². The first kappa shape index (κ1) is 12.0. The summed E-state index contributed by atoms with van der Waals surface area (Å²) in [5.41, 5.74) is 5.26. The minimum absolute atomic E-state index is 0.196. The van der Waals surface area contributed by atoms with Gasteiger partial charge in [0, 0.05) is 11.6 Å². The molecule has 0 radical (unpaired) electrons. The van der Waals surface area contributed by atoms with Gasteiger partial charge in [0.2, 0.25) is 0 Å². The molecule has 0 spiro atoms. The SMILES string of the molecule is CC(C)C[C@@H](N)c1c(F)ccc(F)c1F. The fraction of sp³-hybridized carbons (Fsp3) is 0.455. The first-order valence-electron chi connectivity index (χ1n) is 4.82. The van der Waals surface area contributed by atoms with Crippen molar-refractivity contribution in [3.63, 3.8) is 0 Å². The molecule has 0 aromatic heterocycles. The summed E-state index contributed by atoms with van der Waals surface area (Å²) in [6.45, 7) is 3.77. The molecule has 0 aliphatic heterocycles. The molecule has 1 nitrogen and oxygen atoms in total. The Morgan fingerprint density at radius 3 is 2.20 bits per heavy atom. The maximum atomic E-state index is 13.3. The monoisotopic (exact) mass is 217 g/mol. The van der Waals surface area contributed by atoms with Gasteiger partial charge >= 0.3 is 0 Å². The van der Waals surface area contributed by atoms with Crippen molar-refractivity contribution in [3.8, 4) is 0 Å². The Kier molecular flexibility index (Phi) is 3.74. The molecule has 15 heavy (non-hydrogen) atoms. The zero-order chi connectivity index (χ0) is 11.6. The first-order valence-corrected chi connectivity index (χ1v) is 4.82. The third kappa shape index (κ3) is 2.72. The summed E-state index contributed by atoms with van der Waals surface area (Å²) in [6, 6.07) is 0.852. The Morgan fingerprint density at radius 2 is 1.67 bits per heavy atom. The van der Waals surface area contributed by atoms with Crippen LogP contribution in [0.2, 0.25) is 0 Å². The van der Waals surface area contributed by atoms with E-state index in [1.807, 2.05) is 13.8 Å². The van der Waals surface area contributed by atoms with Crippen molar-refractivity contribution in [2.24, 2.45) is 11.7 Å². The van der Waals surface area contributed by atoms with E-state index in [9.17, 15) is 13.2 Å². The molecule has 0 heterocycles. The Morgan fingerprint density at radius 1 is 1.13 bits per heavy atom. The Hall–Kier alpha value is -1.03. The second-order valence-electron chi connectivity index (χ2n) is 3.99. The van der Waals surface area contributed by atoms with Crippen molar-refractivity contribution in [3.05, 3.63) is 35.1 Å². The molecular weight excluding hydrogens is 203 g/mol. The Labute approximate surface area is 87.1 Å². The topological polar surface area (TPSA) is 26.0 Å². The van der Waals surface area contributed by atoms with Gasteiger partial charge in [-0.3, -0.25) is 0 Å². The van der Waals surface area contributed by atoms with Crippen LogP contribution in [0.5, 0.6) is 0 Å². The van der Waals surface area contributed by atoms with Gasteiger partial charge in [0.15, 0.2) is 11.6 Å². The summed E-state index contributed by atoms with van der Waals surface area (Å²) in [4.78, 5) is 0. The number of rotatable bonds is 3. The molecule has 1 rings (SSSR count). The highest BCUT2D eigenvalue weighted by molar-refractivity contribution is 5.24. The van der Waals surface area contributed by atoms with E-state index >= 15 is 0 Å². The van der Waals surface area contributed by atoms with Crippen LogP contribution in [0.4, 0.5) is 13.2 Å². The summed E-state index contributed by atoms with van der Waals surface area (Å²) < 4.78 is 39.4. The zero-order valence-electron chi connectivity index (χ0n) is 8.73. The predicted octanol–water partition coefficient (Wildman–Crippen LogP) is 3.15. The van der Waals surface area contributed by atoms with Crippen LogP contribution >= 0.6 is 0 Å². The van der Waals surface area contributed by atoms with Crippen LogP contribution in [0.15, 0.2) is 12.1 Å². The minimum atomic E-state index is -1.18. The van der Waals surface area contributed by atoms with Crippen LogP contribution in [-0.4, -0.2) is 0 Å². The van der Waals surface area contributed by atoms with Crippen molar-refractivity contribution < 1.29 is 13.2 Å². The highest BCUT2D eigenvalue weighted by Crippen LogP contribution is 2.25. The maximum absolute atomic E-state index is 13.3. The van der Waals surface area contributed by atoms with Gasteiger partial charge in [-0.25, -0.2) is 13.2 Å². The molecule has 0 bridgehead atoms. The van der Waals surface area contributed by atoms with Crippen LogP contribution in [-0.2, 0) is 0 Å². The number of nitrogens with two attached hydrogens (primary N) is 1. The van der Waals surface area contributed by atoms with Crippen LogP contribution in [0.3, 0.4) is 0 Å². The lowest BCUT2D eigenvalue weighted by molar-refractivity contribution is 0.436. The molecule has 2 N–H and O–H groups in total. The molecule has 84 valence electrons. The van der Waals surface area contributed by atoms with E-state index in [2.05, 4.69) is 0 Å². The lowest BCUT2D eigenvalue weighted by Gasteiger charge is -2.16. The van der Waals surface area contributed by atoms with Gasteiger partial charge in [-0.05, 0) is 24.5 Å². The van der Waals surface area contributed by atoms with E-state index in [4.69, 9.17) is 5.73 Å². The summed E-state index contributed by atoms with van der Waals surface area (Å²) >= 11 is 0. The number of benzene rings is 1. The molecule has 0 saturated heterocycles. The van der Waals surface area contributed by atoms with Crippen LogP contribution in [0.1, 0.15) is 31.9 Å². The third-order valence-corrected chi connectivity index (χ3v) is 2.18. The molecule has 0 unspecified atom stereocenters.